The van der Waals surface area contributed by atoms with E-state index in [1.54, 1.807) is 6.92 Å². The van der Waals surface area contributed by atoms with Crippen molar-refractivity contribution in [3.8, 4) is 0 Å². The zero-order chi connectivity index (χ0) is 16.0. The monoisotopic (exact) mass is 299 g/mol. The highest BCUT2D eigenvalue weighted by Gasteiger charge is 2.33. The zero-order valence-corrected chi connectivity index (χ0v) is 14.4. The maximum absolute atomic E-state index is 11.5. The van der Waals surface area contributed by atoms with E-state index in [2.05, 4.69) is 29.2 Å². The second-order valence-corrected chi connectivity index (χ2v) is 7.10. The Morgan fingerprint density at radius 1 is 1.48 bits per heavy atom. The largest absolute Gasteiger partial charge is 0.480 e. The van der Waals surface area contributed by atoms with E-state index in [0.29, 0.717) is 12.5 Å². The molecule has 124 valence electrons. The van der Waals surface area contributed by atoms with E-state index in [9.17, 15) is 9.90 Å². The molecular weight excluding hydrogens is 266 g/mol. The molecule has 0 saturated carbocycles. The molecule has 2 N–H and O–H groups in total. The summed E-state index contributed by atoms with van der Waals surface area (Å²) in [6.07, 6.45) is 4.10. The summed E-state index contributed by atoms with van der Waals surface area (Å²) in [6, 6.07) is 0.817. The van der Waals surface area contributed by atoms with Crippen molar-refractivity contribution in [1.82, 2.24) is 15.1 Å². The molecule has 0 spiro atoms. The first-order valence-electron chi connectivity index (χ1n) is 8.14. The molecule has 1 aliphatic heterocycles. The number of aliphatic carboxylic acids is 1. The van der Waals surface area contributed by atoms with Gasteiger partial charge in [-0.1, -0.05) is 0 Å². The number of nitrogens with one attached hydrogen (secondary N) is 1. The Balaban J connectivity index is 2.42. The van der Waals surface area contributed by atoms with Crippen LogP contribution >= 0.6 is 0 Å². The number of hydrogen-bond acceptors (Lipinski definition) is 4. The summed E-state index contributed by atoms with van der Waals surface area (Å²) in [5, 5.41) is 12.6. The van der Waals surface area contributed by atoms with Gasteiger partial charge >= 0.3 is 5.97 Å². The molecule has 1 rings (SSSR count). The maximum Gasteiger partial charge on any atom is 0.323 e. The minimum absolute atomic E-state index is 0.180. The molecule has 0 bridgehead atoms. The van der Waals surface area contributed by atoms with Crippen LogP contribution in [0.25, 0.3) is 0 Å². The molecule has 1 heterocycles. The van der Waals surface area contributed by atoms with Crippen LogP contribution in [0.15, 0.2) is 0 Å². The number of carbonyl (C=O) groups is 1. The Kier molecular flexibility index (Phi) is 7.10. The first kappa shape index (κ1) is 18.4. The van der Waals surface area contributed by atoms with E-state index < -0.39 is 11.5 Å². The molecule has 0 radical (unpaired) electrons. The molecule has 5 nitrogen and oxygen atoms in total. The van der Waals surface area contributed by atoms with Crippen LogP contribution in [-0.2, 0) is 4.79 Å². The molecule has 2 atom stereocenters. The second kappa shape index (κ2) is 8.11. The molecule has 1 aliphatic rings. The molecule has 21 heavy (non-hydrogen) atoms. The lowest BCUT2D eigenvalue weighted by molar-refractivity contribution is -0.144. The molecule has 0 aromatic carbocycles. The van der Waals surface area contributed by atoms with Gasteiger partial charge in [-0.15, -0.1) is 0 Å². The van der Waals surface area contributed by atoms with Gasteiger partial charge in [-0.05, 0) is 73.6 Å². The van der Waals surface area contributed by atoms with Crippen molar-refractivity contribution in [3.05, 3.63) is 0 Å². The van der Waals surface area contributed by atoms with Crippen LogP contribution in [-0.4, -0.2) is 72.2 Å². The van der Waals surface area contributed by atoms with Crippen LogP contribution in [0.2, 0.25) is 0 Å². The topological polar surface area (TPSA) is 55.8 Å². The number of nitrogens with zero attached hydrogens (tertiary/aromatic N) is 2. The van der Waals surface area contributed by atoms with Gasteiger partial charge in [0.1, 0.15) is 5.54 Å². The van der Waals surface area contributed by atoms with Crippen molar-refractivity contribution in [2.45, 2.75) is 64.1 Å². The maximum atomic E-state index is 11.5. The van der Waals surface area contributed by atoms with Crippen LogP contribution < -0.4 is 5.32 Å². The average molecular weight is 299 g/mol. The standard InChI is InChI=1S/C16H33N3O2/c1-13(2)17-16(3,15(20)21)9-7-11-19-10-6-8-14(12-19)18(4)5/h13-14,17H,6-12H2,1-5H3,(H,20,21). The molecule has 5 heteroatoms. The van der Waals surface area contributed by atoms with Gasteiger partial charge in [0.25, 0.3) is 0 Å². The van der Waals surface area contributed by atoms with Crippen molar-refractivity contribution in [2.24, 2.45) is 0 Å². The molecule has 2 unspecified atom stereocenters. The molecule has 1 fully saturated rings. The molecule has 0 aromatic heterocycles. The number of likely N-dealkylation sites (tertiary alicyclic amines) is 1. The number of carboxylic acids is 1. The summed E-state index contributed by atoms with van der Waals surface area (Å²) in [6.45, 7) is 9.03. The Hall–Kier alpha value is -0.650. The molecular formula is C16H33N3O2. The third-order valence-electron chi connectivity index (χ3n) is 4.44. The summed E-state index contributed by atoms with van der Waals surface area (Å²) in [7, 11) is 4.28. The van der Waals surface area contributed by atoms with Crippen LogP contribution in [0.4, 0.5) is 0 Å². The van der Waals surface area contributed by atoms with Gasteiger partial charge in [0.2, 0.25) is 0 Å². The quantitative estimate of drug-likeness (QED) is 0.713. The highest BCUT2D eigenvalue weighted by molar-refractivity contribution is 5.78. The van der Waals surface area contributed by atoms with Crippen molar-refractivity contribution in [3.63, 3.8) is 0 Å². The lowest BCUT2D eigenvalue weighted by atomic mass is 9.94. The van der Waals surface area contributed by atoms with Crippen molar-refractivity contribution >= 4 is 5.97 Å². The molecule has 0 aliphatic carbocycles. The Morgan fingerprint density at radius 2 is 2.14 bits per heavy atom. The molecule has 0 amide bonds. The normalized spacial score (nSPS) is 23.5. The van der Waals surface area contributed by atoms with Crippen molar-refractivity contribution < 1.29 is 9.90 Å². The summed E-state index contributed by atoms with van der Waals surface area (Å²) in [5.74, 6) is -0.749. The Bertz CT molecular complexity index is 333. The van der Waals surface area contributed by atoms with E-state index in [1.165, 1.54) is 12.8 Å². The first-order chi connectivity index (χ1) is 9.74. The number of likely N-dealkylation sites (N-methyl/N-ethyl adjacent to an activating group) is 1. The van der Waals surface area contributed by atoms with Crippen molar-refractivity contribution in [2.75, 3.05) is 33.7 Å². The van der Waals surface area contributed by atoms with Crippen LogP contribution in [0.5, 0.6) is 0 Å². The van der Waals surface area contributed by atoms with E-state index in [4.69, 9.17) is 0 Å². The molecule has 1 saturated heterocycles. The third kappa shape index (κ3) is 5.93. The SMILES string of the molecule is CC(C)NC(C)(CCCN1CCCC(N(C)C)C1)C(=O)O. The number of rotatable bonds is 8. The first-order valence-corrected chi connectivity index (χ1v) is 8.14. The van der Waals surface area contributed by atoms with Crippen LogP contribution in [0, 0.1) is 0 Å². The van der Waals surface area contributed by atoms with Gasteiger partial charge in [0, 0.05) is 18.6 Å². The van der Waals surface area contributed by atoms with Gasteiger partial charge in [0.15, 0.2) is 0 Å². The predicted octanol–water partition coefficient (Wildman–Crippen LogP) is 1.63. The van der Waals surface area contributed by atoms with Crippen LogP contribution in [0.1, 0.15) is 46.5 Å². The van der Waals surface area contributed by atoms with Gasteiger partial charge < -0.3 is 14.9 Å². The summed E-state index contributed by atoms with van der Waals surface area (Å²) in [5.41, 5.74) is -0.815. The lowest BCUT2D eigenvalue weighted by Crippen LogP contribution is -2.53. The number of piperidine rings is 1. The van der Waals surface area contributed by atoms with E-state index in [1.807, 2.05) is 13.8 Å². The van der Waals surface area contributed by atoms with Gasteiger partial charge in [0.05, 0.1) is 0 Å². The second-order valence-electron chi connectivity index (χ2n) is 7.10. The smallest absolute Gasteiger partial charge is 0.323 e. The summed E-state index contributed by atoms with van der Waals surface area (Å²) >= 11 is 0. The summed E-state index contributed by atoms with van der Waals surface area (Å²) in [4.78, 5) is 16.3. The number of hydrogen-bond donors (Lipinski definition) is 2. The van der Waals surface area contributed by atoms with Gasteiger partial charge in [-0.25, -0.2) is 0 Å². The Morgan fingerprint density at radius 3 is 2.67 bits per heavy atom. The average Bonchev–Trinajstić information content (AvgIpc) is 2.38. The van der Waals surface area contributed by atoms with Gasteiger partial charge in [-0.3, -0.25) is 10.1 Å². The molecule has 0 aromatic rings. The lowest BCUT2D eigenvalue weighted by Gasteiger charge is -2.37. The fourth-order valence-electron chi connectivity index (χ4n) is 3.19. The fraction of sp³-hybridized carbons (Fsp3) is 0.938. The highest BCUT2D eigenvalue weighted by Crippen LogP contribution is 2.18. The summed E-state index contributed by atoms with van der Waals surface area (Å²) < 4.78 is 0. The minimum Gasteiger partial charge on any atom is -0.480 e. The minimum atomic E-state index is -0.815. The predicted molar refractivity (Wildman–Crippen MR) is 86.7 cm³/mol. The fourth-order valence-corrected chi connectivity index (χ4v) is 3.19. The third-order valence-corrected chi connectivity index (χ3v) is 4.44. The van der Waals surface area contributed by atoms with Gasteiger partial charge in [-0.2, -0.15) is 0 Å². The Labute approximate surface area is 129 Å². The van der Waals surface area contributed by atoms with E-state index in [-0.39, 0.29) is 6.04 Å². The highest BCUT2D eigenvalue weighted by atomic mass is 16.4. The number of carboxylic acid groups (broad SMARTS) is 1. The zero-order valence-electron chi connectivity index (χ0n) is 14.4. The van der Waals surface area contributed by atoms with Crippen LogP contribution in [0.3, 0.4) is 0 Å². The van der Waals surface area contributed by atoms with E-state index >= 15 is 0 Å². The van der Waals surface area contributed by atoms with E-state index in [0.717, 1.165) is 26.1 Å². The van der Waals surface area contributed by atoms with Crippen molar-refractivity contribution in [1.29, 1.82) is 0 Å².